The zero-order valence-electron chi connectivity index (χ0n) is 19.4. The molecule has 4 atom stereocenters. The number of nitrogens with zero attached hydrogens (tertiary/aromatic N) is 2. The summed E-state index contributed by atoms with van der Waals surface area (Å²) < 4.78 is 0. The van der Waals surface area contributed by atoms with Crippen LogP contribution in [0.1, 0.15) is 71.6 Å². The van der Waals surface area contributed by atoms with Crippen molar-refractivity contribution in [3.8, 4) is 0 Å². The number of hydrogen-bond acceptors (Lipinski definition) is 6. The maximum atomic E-state index is 13.3. The van der Waals surface area contributed by atoms with Crippen molar-refractivity contribution < 1.29 is 19.6 Å². The van der Waals surface area contributed by atoms with Gasteiger partial charge in [0.05, 0.1) is 18.0 Å². The molecule has 1 aliphatic carbocycles. The summed E-state index contributed by atoms with van der Waals surface area (Å²) in [5.74, 6) is -0.528. The van der Waals surface area contributed by atoms with Crippen LogP contribution in [-0.4, -0.2) is 80.9 Å². The lowest BCUT2D eigenvalue weighted by molar-refractivity contribution is -0.140. The summed E-state index contributed by atoms with van der Waals surface area (Å²) in [4.78, 5) is 30.5. The van der Waals surface area contributed by atoms with Crippen LogP contribution in [0.3, 0.4) is 0 Å². The van der Waals surface area contributed by atoms with E-state index in [4.69, 9.17) is 18.0 Å². The largest absolute Gasteiger partial charge is 0.475 e. The van der Waals surface area contributed by atoms with E-state index in [-0.39, 0.29) is 23.7 Å². The molecule has 0 unspecified atom stereocenters. The van der Waals surface area contributed by atoms with E-state index in [1.165, 1.54) is 6.42 Å². The van der Waals surface area contributed by atoms with E-state index in [2.05, 4.69) is 5.32 Å². The Balaban J connectivity index is 1.66. The summed E-state index contributed by atoms with van der Waals surface area (Å²) >= 11 is 5.70. The lowest BCUT2D eigenvalue weighted by Gasteiger charge is -2.35. The molecule has 2 heterocycles. The lowest BCUT2D eigenvalue weighted by Crippen LogP contribution is -2.58. The van der Waals surface area contributed by atoms with Gasteiger partial charge in [0.1, 0.15) is 11.0 Å². The Hall–Kier alpha value is -1.23. The number of hydrogen-bond donors (Lipinski definition) is 4. The van der Waals surface area contributed by atoms with Gasteiger partial charge in [0, 0.05) is 13.1 Å². The maximum Gasteiger partial charge on any atom is 0.475 e. The van der Waals surface area contributed by atoms with E-state index < -0.39 is 31.2 Å². The number of likely N-dealkylation sites (tertiary alicyclic amines) is 2. The normalized spacial score (nSPS) is 26.3. The van der Waals surface area contributed by atoms with E-state index in [1.54, 1.807) is 4.90 Å². The van der Waals surface area contributed by atoms with Crippen molar-refractivity contribution in [1.29, 1.82) is 0 Å². The zero-order chi connectivity index (χ0) is 23.4. The fourth-order valence-electron chi connectivity index (χ4n) is 5.51. The highest BCUT2D eigenvalue weighted by atomic mass is 32.1. The number of carbonyl (C=O) groups is 2. The van der Waals surface area contributed by atoms with Crippen molar-refractivity contribution in [2.24, 2.45) is 17.6 Å². The maximum absolute atomic E-state index is 13.3. The minimum absolute atomic E-state index is 0.0265. The summed E-state index contributed by atoms with van der Waals surface area (Å²) in [6.45, 7) is 5.16. The average Bonchev–Trinajstić information content (AvgIpc) is 3.46. The third-order valence-corrected chi connectivity index (χ3v) is 7.93. The molecule has 0 aromatic rings. The molecule has 0 spiro atoms. The number of thiocarbonyl (C=S) groups is 1. The zero-order valence-corrected chi connectivity index (χ0v) is 20.2. The minimum Gasteiger partial charge on any atom is -0.426 e. The van der Waals surface area contributed by atoms with E-state index in [0.29, 0.717) is 30.9 Å². The topological polar surface area (TPSA) is 119 Å². The molecule has 10 heteroatoms. The van der Waals surface area contributed by atoms with Crippen LogP contribution in [0.15, 0.2) is 0 Å². The van der Waals surface area contributed by atoms with E-state index >= 15 is 0 Å². The van der Waals surface area contributed by atoms with Gasteiger partial charge in [-0.15, -0.1) is 0 Å². The Morgan fingerprint density at radius 3 is 2.25 bits per heavy atom. The second-order valence-electron chi connectivity index (χ2n) is 10.00. The first-order valence-corrected chi connectivity index (χ1v) is 12.7. The van der Waals surface area contributed by atoms with Crippen molar-refractivity contribution in [2.45, 2.75) is 95.7 Å². The van der Waals surface area contributed by atoms with E-state index in [9.17, 15) is 19.6 Å². The summed E-state index contributed by atoms with van der Waals surface area (Å²) in [5, 5.41) is 22.5. The van der Waals surface area contributed by atoms with Crippen LogP contribution in [-0.2, 0) is 9.59 Å². The monoisotopic (exact) mass is 466 g/mol. The number of rotatable bonds is 7. The number of nitrogens with one attached hydrogen (secondary N) is 1. The molecule has 0 bridgehead atoms. The summed E-state index contributed by atoms with van der Waals surface area (Å²) in [5.41, 5.74) is 6.36. The van der Waals surface area contributed by atoms with Gasteiger partial charge in [-0.05, 0) is 50.4 Å². The second kappa shape index (κ2) is 11.3. The molecule has 2 saturated heterocycles. The van der Waals surface area contributed by atoms with Crippen LogP contribution in [0, 0.1) is 11.8 Å². The number of amides is 2. The molecule has 1 saturated carbocycles. The molecular weight excluding hydrogens is 427 g/mol. The number of nitrogens with two attached hydrogens (primary N) is 1. The molecule has 32 heavy (non-hydrogen) atoms. The van der Waals surface area contributed by atoms with E-state index in [0.717, 1.165) is 38.5 Å². The van der Waals surface area contributed by atoms with Crippen LogP contribution >= 0.6 is 12.2 Å². The Morgan fingerprint density at radius 1 is 1.00 bits per heavy atom. The molecule has 3 rings (SSSR count). The molecule has 2 amide bonds. The van der Waals surface area contributed by atoms with Crippen molar-refractivity contribution in [3.63, 3.8) is 0 Å². The van der Waals surface area contributed by atoms with Crippen LogP contribution < -0.4 is 11.1 Å². The van der Waals surface area contributed by atoms with Gasteiger partial charge >= 0.3 is 7.12 Å². The second-order valence-corrected chi connectivity index (χ2v) is 10.4. The van der Waals surface area contributed by atoms with Crippen LogP contribution in [0.4, 0.5) is 0 Å². The molecule has 180 valence electrons. The molecule has 0 radical (unpaired) electrons. The van der Waals surface area contributed by atoms with Crippen molar-refractivity contribution in [1.82, 2.24) is 15.1 Å². The molecule has 3 fully saturated rings. The van der Waals surface area contributed by atoms with Gasteiger partial charge in [0.2, 0.25) is 11.8 Å². The summed E-state index contributed by atoms with van der Waals surface area (Å²) in [7, 11) is -1.47. The van der Waals surface area contributed by atoms with Gasteiger partial charge in [0.25, 0.3) is 0 Å². The number of carbonyl (C=O) groups excluding carboxylic acids is 2. The smallest absolute Gasteiger partial charge is 0.426 e. The van der Waals surface area contributed by atoms with Crippen LogP contribution in [0.2, 0.25) is 0 Å². The highest BCUT2D eigenvalue weighted by Gasteiger charge is 2.41. The van der Waals surface area contributed by atoms with Gasteiger partial charge in [-0.2, -0.15) is 0 Å². The summed E-state index contributed by atoms with van der Waals surface area (Å²) in [6, 6.07) is -1.48. The fraction of sp³-hybridized carbons (Fsp3) is 0.864. The van der Waals surface area contributed by atoms with Crippen molar-refractivity contribution >= 4 is 36.1 Å². The van der Waals surface area contributed by atoms with E-state index in [1.807, 2.05) is 18.7 Å². The third-order valence-electron chi connectivity index (χ3n) is 7.44. The van der Waals surface area contributed by atoms with Crippen LogP contribution in [0.5, 0.6) is 0 Å². The van der Waals surface area contributed by atoms with Gasteiger partial charge in [0.15, 0.2) is 0 Å². The fourth-order valence-corrected chi connectivity index (χ4v) is 6.06. The predicted molar refractivity (Wildman–Crippen MR) is 129 cm³/mol. The van der Waals surface area contributed by atoms with Gasteiger partial charge in [-0.25, -0.2) is 0 Å². The van der Waals surface area contributed by atoms with Gasteiger partial charge in [-0.1, -0.05) is 45.3 Å². The molecule has 8 nitrogen and oxygen atoms in total. The molecule has 0 aromatic carbocycles. The summed E-state index contributed by atoms with van der Waals surface area (Å²) in [6.07, 6.45) is 8.27. The van der Waals surface area contributed by atoms with Gasteiger partial charge in [-0.3, -0.25) is 9.59 Å². The minimum atomic E-state index is -1.47. The first-order valence-electron chi connectivity index (χ1n) is 12.3. The lowest BCUT2D eigenvalue weighted by atomic mass is 9.77. The van der Waals surface area contributed by atoms with Crippen molar-refractivity contribution in [2.75, 3.05) is 13.1 Å². The third kappa shape index (κ3) is 5.63. The predicted octanol–water partition coefficient (Wildman–Crippen LogP) is 0.830. The Kier molecular flexibility index (Phi) is 8.94. The highest BCUT2D eigenvalue weighted by Crippen LogP contribution is 2.28. The Labute approximate surface area is 197 Å². The average molecular weight is 466 g/mol. The SMILES string of the molecule is CC(C)[C@H](NC(=O)[C@@H]1CCCN1C(=O)[C@@H](N)C1CCCCC1)C(=S)N1CCC[C@H]1B(O)O. The van der Waals surface area contributed by atoms with Crippen molar-refractivity contribution in [3.05, 3.63) is 0 Å². The Bertz CT molecular complexity index is 689. The molecule has 0 aromatic heterocycles. The quantitative estimate of drug-likeness (QED) is 0.324. The molecule has 3 aliphatic rings. The molecule has 5 N–H and O–H groups in total. The first kappa shape index (κ1) is 25.4. The molecule has 2 aliphatic heterocycles. The standard InChI is InChI=1S/C22H39BN4O4S/c1-14(2)19(22(32)27-13-7-11-17(27)23(30)31)25-20(28)16-10-6-12-26(16)21(29)18(24)15-8-4-3-5-9-15/h14-19,30-31H,3-13,24H2,1-2H3,(H,25,28)/t16-,17-,18-,19-/m0/s1. The Morgan fingerprint density at radius 2 is 1.62 bits per heavy atom. The molecular formula is C22H39BN4O4S. The first-order chi connectivity index (χ1) is 15.2. The van der Waals surface area contributed by atoms with Gasteiger partial charge < -0.3 is 30.9 Å². The highest BCUT2D eigenvalue weighted by molar-refractivity contribution is 7.80. The van der Waals surface area contributed by atoms with Crippen LogP contribution in [0.25, 0.3) is 0 Å².